The summed E-state index contributed by atoms with van der Waals surface area (Å²) in [6.07, 6.45) is 7.18. The van der Waals surface area contributed by atoms with Gasteiger partial charge in [-0.25, -0.2) is 0 Å². The Morgan fingerprint density at radius 2 is 2.10 bits per heavy atom. The van der Waals surface area contributed by atoms with E-state index in [9.17, 15) is 0 Å². The lowest BCUT2D eigenvalue weighted by molar-refractivity contribution is 0.0992. The average Bonchev–Trinajstić information content (AvgIpc) is 3.16. The molecule has 0 amide bonds. The van der Waals surface area contributed by atoms with E-state index in [-0.39, 0.29) is 24.0 Å². The van der Waals surface area contributed by atoms with Gasteiger partial charge in [0.25, 0.3) is 0 Å². The summed E-state index contributed by atoms with van der Waals surface area (Å²) in [5, 5.41) is 6.93. The van der Waals surface area contributed by atoms with Gasteiger partial charge in [0.2, 0.25) is 0 Å². The molecule has 3 unspecified atom stereocenters. The van der Waals surface area contributed by atoms with Crippen LogP contribution in [0, 0.1) is 0 Å². The molecule has 3 atom stereocenters. The number of hydrogen-bond acceptors (Lipinski definition) is 3. The van der Waals surface area contributed by atoms with Gasteiger partial charge in [-0.3, -0.25) is 4.99 Å². The molecule has 21 heavy (non-hydrogen) atoms. The highest BCUT2D eigenvalue weighted by Gasteiger charge is 2.41. The fourth-order valence-electron chi connectivity index (χ4n) is 3.59. The van der Waals surface area contributed by atoms with Crippen molar-refractivity contribution in [3.63, 3.8) is 0 Å². The number of aliphatic imine (C=N–C) groups is 1. The number of nitrogens with zero attached hydrogens (tertiary/aromatic N) is 2. The Balaban J connectivity index is 0.00000161. The highest BCUT2D eigenvalue weighted by Crippen LogP contribution is 2.34. The molecule has 2 N–H and O–H groups in total. The molecule has 0 aromatic carbocycles. The first-order valence-electron chi connectivity index (χ1n) is 8.28. The standard InChI is InChI=1S/C15H28N4O.HI/c1-2-16-15(17-7-10-19-8-3-4-9-19)18-13-11-12-5-6-14(13)20-12;/h12-14H,2-11H2,1H3,(H2,16,17,18);1H. The van der Waals surface area contributed by atoms with Crippen LogP contribution < -0.4 is 10.6 Å². The minimum absolute atomic E-state index is 0. The van der Waals surface area contributed by atoms with Crippen molar-refractivity contribution in [1.82, 2.24) is 15.5 Å². The molecule has 3 aliphatic rings. The molecular formula is C15H29IN4O. The van der Waals surface area contributed by atoms with Crippen LogP contribution in [0.2, 0.25) is 0 Å². The molecule has 0 aromatic rings. The maximum Gasteiger partial charge on any atom is 0.191 e. The van der Waals surface area contributed by atoms with Crippen LogP contribution in [0.3, 0.4) is 0 Å². The van der Waals surface area contributed by atoms with Gasteiger partial charge in [0.15, 0.2) is 5.96 Å². The second-order valence-corrected chi connectivity index (χ2v) is 6.17. The molecule has 3 aliphatic heterocycles. The monoisotopic (exact) mass is 408 g/mol. The Morgan fingerprint density at radius 1 is 1.29 bits per heavy atom. The maximum atomic E-state index is 5.90. The molecule has 3 rings (SSSR count). The summed E-state index contributed by atoms with van der Waals surface area (Å²) in [5.74, 6) is 0.966. The number of likely N-dealkylation sites (tertiary alicyclic amines) is 1. The van der Waals surface area contributed by atoms with Crippen molar-refractivity contribution in [2.45, 2.75) is 57.3 Å². The molecule has 2 bridgehead atoms. The molecule has 0 radical (unpaired) electrons. The number of hydrogen-bond donors (Lipinski definition) is 2. The lowest BCUT2D eigenvalue weighted by atomic mass is 9.96. The summed E-state index contributed by atoms with van der Waals surface area (Å²) >= 11 is 0. The maximum absolute atomic E-state index is 5.90. The summed E-state index contributed by atoms with van der Waals surface area (Å²) in [5.41, 5.74) is 0. The van der Waals surface area contributed by atoms with Crippen molar-refractivity contribution in [1.29, 1.82) is 0 Å². The number of rotatable bonds is 5. The largest absolute Gasteiger partial charge is 0.373 e. The molecule has 0 spiro atoms. The van der Waals surface area contributed by atoms with E-state index in [2.05, 4.69) is 22.5 Å². The van der Waals surface area contributed by atoms with Crippen molar-refractivity contribution in [3.8, 4) is 0 Å². The van der Waals surface area contributed by atoms with Gasteiger partial charge < -0.3 is 20.3 Å². The lowest BCUT2D eigenvalue weighted by Crippen LogP contribution is -2.47. The predicted molar refractivity (Wildman–Crippen MR) is 96.5 cm³/mol. The zero-order chi connectivity index (χ0) is 13.8. The SMILES string of the molecule is CCNC(=NCCN1CCCC1)NC1CC2CCC1O2.I. The number of nitrogens with one attached hydrogen (secondary N) is 2. The molecule has 0 saturated carbocycles. The van der Waals surface area contributed by atoms with Crippen LogP contribution in [0.25, 0.3) is 0 Å². The third kappa shape index (κ3) is 4.69. The van der Waals surface area contributed by atoms with Gasteiger partial charge in [-0.2, -0.15) is 0 Å². The van der Waals surface area contributed by atoms with E-state index in [0.29, 0.717) is 18.2 Å². The van der Waals surface area contributed by atoms with Crippen molar-refractivity contribution >= 4 is 29.9 Å². The number of fused-ring (bicyclic) bond motifs is 2. The Hall–Kier alpha value is -0.0800. The van der Waals surface area contributed by atoms with Crippen molar-refractivity contribution in [2.75, 3.05) is 32.7 Å². The van der Waals surface area contributed by atoms with Crippen LogP contribution in [0.15, 0.2) is 4.99 Å². The average molecular weight is 408 g/mol. The third-order valence-electron chi connectivity index (χ3n) is 4.66. The Morgan fingerprint density at radius 3 is 2.71 bits per heavy atom. The van der Waals surface area contributed by atoms with Gasteiger partial charge >= 0.3 is 0 Å². The Bertz CT molecular complexity index is 347. The second kappa shape index (κ2) is 8.53. The summed E-state index contributed by atoms with van der Waals surface area (Å²) < 4.78 is 5.90. The van der Waals surface area contributed by atoms with Crippen LogP contribution in [0.4, 0.5) is 0 Å². The topological polar surface area (TPSA) is 48.9 Å². The first-order chi connectivity index (χ1) is 9.85. The van der Waals surface area contributed by atoms with Gasteiger partial charge in [-0.15, -0.1) is 24.0 Å². The van der Waals surface area contributed by atoms with Crippen LogP contribution in [0.1, 0.15) is 39.0 Å². The molecule has 0 aromatic heterocycles. The Kier molecular flexibility index (Phi) is 7.01. The highest BCUT2D eigenvalue weighted by molar-refractivity contribution is 14.0. The predicted octanol–water partition coefficient (Wildman–Crippen LogP) is 1.58. The van der Waals surface area contributed by atoms with Crippen molar-refractivity contribution < 1.29 is 4.74 Å². The molecule has 0 aliphatic carbocycles. The van der Waals surface area contributed by atoms with E-state index < -0.39 is 0 Å². The van der Waals surface area contributed by atoms with Crippen LogP contribution in [-0.4, -0.2) is 61.8 Å². The first kappa shape index (κ1) is 17.3. The zero-order valence-corrected chi connectivity index (χ0v) is 15.3. The molecule has 3 heterocycles. The van der Waals surface area contributed by atoms with E-state index in [1.807, 2.05) is 0 Å². The summed E-state index contributed by atoms with van der Waals surface area (Å²) in [6.45, 7) is 7.51. The normalized spacial score (nSPS) is 32.2. The fraction of sp³-hybridized carbons (Fsp3) is 0.933. The summed E-state index contributed by atoms with van der Waals surface area (Å²) in [7, 11) is 0. The van der Waals surface area contributed by atoms with Crippen molar-refractivity contribution in [3.05, 3.63) is 0 Å². The fourth-order valence-corrected chi connectivity index (χ4v) is 3.59. The van der Waals surface area contributed by atoms with Gasteiger partial charge in [-0.1, -0.05) is 0 Å². The quantitative estimate of drug-likeness (QED) is 0.412. The van der Waals surface area contributed by atoms with Crippen LogP contribution >= 0.6 is 24.0 Å². The second-order valence-electron chi connectivity index (χ2n) is 6.17. The zero-order valence-electron chi connectivity index (χ0n) is 13.0. The summed E-state index contributed by atoms with van der Waals surface area (Å²) in [6, 6.07) is 0.457. The van der Waals surface area contributed by atoms with E-state index in [1.165, 1.54) is 38.8 Å². The molecule has 5 nitrogen and oxygen atoms in total. The minimum atomic E-state index is 0. The molecule has 6 heteroatoms. The third-order valence-corrected chi connectivity index (χ3v) is 4.66. The summed E-state index contributed by atoms with van der Waals surface area (Å²) in [4.78, 5) is 7.23. The minimum Gasteiger partial charge on any atom is -0.373 e. The molecule has 3 saturated heterocycles. The number of ether oxygens (including phenoxy) is 1. The van der Waals surface area contributed by atoms with Gasteiger partial charge in [0.1, 0.15) is 0 Å². The van der Waals surface area contributed by atoms with Gasteiger partial charge in [-0.05, 0) is 52.1 Å². The van der Waals surface area contributed by atoms with E-state index in [4.69, 9.17) is 9.73 Å². The van der Waals surface area contributed by atoms with E-state index in [1.54, 1.807) is 0 Å². The van der Waals surface area contributed by atoms with Crippen molar-refractivity contribution in [2.24, 2.45) is 4.99 Å². The van der Waals surface area contributed by atoms with Crippen LogP contribution in [-0.2, 0) is 4.74 Å². The van der Waals surface area contributed by atoms with E-state index in [0.717, 1.165) is 32.0 Å². The smallest absolute Gasteiger partial charge is 0.191 e. The number of guanidine groups is 1. The molecule has 3 fully saturated rings. The van der Waals surface area contributed by atoms with Crippen LogP contribution in [0.5, 0.6) is 0 Å². The van der Waals surface area contributed by atoms with E-state index >= 15 is 0 Å². The Labute approximate surface area is 145 Å². The van der Waals surface area contributed by atoms with Gasteiger partial charge in [0, 0.05) is 13.1 Å². The highest BCUT2D eigenvalue weighted by atomic mass is 127. The molecular weight excluding hydrogens is 379 g/mol. The molecule has 122 valence electrons. The number of halogens is 1. The van der Waals surface area contributed by atoms with Gasteiger partial charge in [0.05, 0.1) is 24.8 Å². The lowest BCUT2D eigenvalue weighted by Gasteiger charge is -2.23. The first-order valence-corrected chi connectivity index (χ1v) is 8.28.